The largest absolute Gasteiger partial charge is 0.293 e. The Labute approximate surface area is 131 Å². The molecule has 0 saturated carbocycles. The van der Waals surface area contributed by atoms with E-state index in [1.165, 1.54) is 12.1 Å². The summed E-state index contributed by atoms with van der Waals surface area (Å²) in [5.74, 6) is -0.261. The van der Waals surface area contributed by atoms with Gasteiger partial charge in [-0.15, -0.1) is 0 Å². The van der Waals surface area contributed by atoms with Crippen LogP contribution >= 0.6 is 22.6 Å². The maximum Gasteiger partial charge on any atom is 0.240 e. The number of halogens is 1. The third kappa shape index (κ3) is 3.87. The second-order valence-corrected chi connectivity index (χ2v) is 7.08. The molecule has 2 aromatic rings. The maximum absolute atomic E-state index is 12.0. The minimum Gasteiger partial charge on any atom is -0.293 e. The van der Waals surface area contributed by atoms with Crippen molar-refractivity contribution in [2.24, 2.45) is 0 Å². The molecule has 0 unspecified atom stereocenters. The predicted octanol–water partition coefficient (Wildman–Crippen LogP) is 2.45. The van der Waals surface area contributed by atoms with Crippen LogP contribution in [0.5, 0.6) is 0 Å². The van der Waals surface area contributed by atoms with Gasteiger partial charge in [0.05, 0.1) is 11.4 Å². The van der Waals surface area contributed by atoms with E-state index in [4.69, 9.17) is 0 Å². The van der Waals surface area contributed by atoms with Gasteiger partial charge in [-0.05, 0) is 46.9 Å². The van der Waals surface area contributed by atoms with Gasteiger partial charge in [0.15, 0.2) is 5.78 Å². The molecule has 0 aromatic heterocycles. The van der Waals surface area contributed by atoms with Gasteiger partial charge in [0.25, 0.3) is 0 Å². The van der Waals surface area contributed by atoms with Crippen LogP contribution in [0.25, 0.3) is 0 Å². The van der Waals surface area contributed by atoms with Crippen molar-refractivity contribution in [3.8, 4) is 0 Å². The molecule has 0 aliphatic heterocycles. The van der Waals surface area contributed by atoms with Gasteiger partial charge in [-0.3, -0.25) is 4.79 Å². The summed E-state index contributed by atoms with van der Waals surface area (Å²) in [6.07, 6.45) is 0. The van der Waals surface area contributed by atoms with Crippen molar-refractivity contribution < 1.29 is 13.2 Å². The van der Waals surface area contributed by atoms with Crippen LogP contribution in [0.3, 0.4) is 0 Å². The highest BCUT2D eigenvalue weighted by Gasteiger charge is 2.15. The molecule has 0 radical (unpaired) electrons. The molecule has 4 nitrogen and oxygen atoms in total. The molecule has 0 aliphatic carbocycles. The lowest BCUT2D eigenvalue weighted by Gasteiger charge is -2.06. The number of nitrogens with one attached hydrogen (secondary N) is 1. The maximum atomic E-state index is 12.0. The van der Waals surface area contributed by atoms with Gasteiger partial charge in [0.1, 0.15) is 0 Å². The fourth-order valence-corrected chi connectivity index (χ4v) is 3.15. The van der Waals surface area contributed by atoms with E-state index >= 15 is 0 Å². The van der Waals surface area contributed by atoms with Crippen LogP contribution in [0.4, 0.5) is 0 Å². The van der Waals surface area contributed by atoms with Gasteiger partial charge in [-0.2, -0.15) is 0 Å². The first kappa shape index (κ1) is 15.1. The zero-order valence-electron chi connectivity index (χ0n) is 10.4. The molecule has 0 atom stereocenters. The van der Waals surface area contributed by atoms with E-state index in [-0.39, 0.29) is 17.2 Å². The van der Waals surface area contributed by atoms with Crippen LogP contribution in [0, 0.1) is 3.57 Å². The van der Waals surface area contributed by atoms with Crippen LogP contribution in [0.1, 0.15) is 10.4 Å². The molecule has 2 aromatic carbocycles. The first-order valence-electron chi connectivity index (χ1n) is 5.82. The number of sulfonamides is 1. The zero-order valence-corrected chi connectivity index (χ0v) is 13.4. The van der Waals surface area contributed by atoms with Gasteiger partial charge in [0.2, 0.25) is 10.0 Å². The topological polar surface area (TPSA) is 63.2 Å². The van der Waals surface area contributed by atoms with E-state index in [2.05, 4.69) is 27.3 Å². The highest BCUT2D eigenvalue weighted by molar-refractivity contribution is 14.1. The van der Waals surface area contributed by atoms with Crippen molar-refractivity contribution in [1.29, 1.82) is 0 Å². The Morgan fingerprint density at radius 3 is 2.40 bits per heavy atom. The molecule has 0 bridgehead atoms. The molecule has 0 fully saturated rings. The number of rotatable bonds is 5. The van der Waals surface area contributed by atoms with E-state index in [1.807, 2.05) is 6.07 Å². The van der Waals surface area contributed by atoms with E-state index in [0.717, 1.165) is 3.57 Å². The molecule has 0 amide bonds. The Hall–Kier alpha value is -1.25. The third-order valence-corrected chi connectivity index (χ3v) is 4.71. The molecule has 0 heterocycles. The highest BCUT2D eigenvalue weighted by Crippen LogP contribution is 2.10. The SMILES string of the molecule is O=C(CNS(=O)(=O)c1ccccc1)c1cccc(I)c1. The fraction of sp³-hybridized carbons (Fsp3) is 0.0714. The summed E-state index contributed by atoms with van der Waals surface area (Å²) < 4.78 is 27.2. The smallest absolute Gasteiger partial charge is 0.240 e. The summed E-state index contributed by atoms with van der Waals surface area (Å²) in [5, 5.41) is 0. The van der Waals surface area contributed by atoms with Gasteiger partial charge in [-0.25, -0.2) is 13.1 Å². The Bertz CT molecular complexity index is 714. The van der Waals surface area contributed by atoms with E-state index in [0.29, 0.717) is 5.56 Å². The summed E-state index contributed by atoms with van der Waals surface area (Å²) in [5.41, 5.74) is 0.493. The normalized spacial score (nSPS) is 11.2. The molecule has 6 heteroatoms. The zero-order chi connectivity index (χ0) is 14.6. The third-order valence-electron chi connectivity index (χ3n) is 2.62. The summed E-state index contributed by atoms with van der Waals surface area (Å²) in [6.45, 7) is -0.253. The van der Waals surface area contributed by atoms with Gasteiger partial charge >= 0.3 is 0 Å². The molecule has 104 valence electrons. The quantitative estimate of drug-likeness (QED) is 0.619. The Balaban J connectivity index is 2.07. The van der Waals surface area contributed by atoms with Crippen LogP contribution in [0.15, 0.2) is 59.5 Å². The average Bonchev–Trinajstić information content (AvgIpc) is 2.46. The molecular weight excluding hydrogens is 389 g/mol. The Kier molecular flexibility index (Phi) is 4.90. The highest BCUT2D eigenvalue weighted by atomic mass is 127. The monoisotopic (exact) mass is 401 g/mol. The number of ketones is 1. The number of hydrogen-bond acceptors (Lipinski definition) is 3. The average molecular weight is 401 g/mol. The van der Waals surface area contributed by atoms with E-state index in [1.54, 1.807) is 36.4 Å². The van der Waals surface area contributed by atoms with Crippen molar-refractivity contribution in [2.75, 3.05) is 6.54 Å². The molecule has 0 aliphatic rings. The second-order valence-electron chi connectivity index (χ2n) is 4.07. The standard InChI is InChI=1S/C14H12INO3S/c15-12-6-4-5-11(9-12)14(17)10-16-20(18,19)13-7-2-1-3-8-13/h1-9,16H,10H2. The van der Waals surface area contributed by atoms with E-state index < -0.39 is 10.0 Å². The number of carbonyl (C=O) groups is 1. The van der Waals surface area contributed by atoms with Gasteiger partial charge < -0.3 is 0 Å². The molecule has 0 saturated heterocycles. The summed E-state index contributed by atoms with van der Waals surface area (Å²) >= 11 is 2.10. The summed E-state index contributed by atoms with van der Waals surface area (Å²) in [7, 11) is -3.65. The Morgan fingerprint density at radius 1 is 1.05 bits per heavy atom. The van der Waals surface area contributed by atoms with Crippen molar-refractivity contribution in [3.05, 3.63) is 63.7 Å². The lowest BCUT2D eigenvalue weighted by atomic mass is 10.1. The summed E-state index contributed by atoms with van der Waals surface area (Å²) in [6, 6.07) is 15.0. The van der Waals surface area contributed by atoms with Crippen molar-refractivity contribution in [1.82, 2.24) is 4.72 Å². The first-order valence-corrected chi connectivity index (χ1v) is 8.39. The van der Waals surface area contributed by atoms with Crippen LogP contribution in [-0.2, 0) is 10.0 Å². The minimum atomic E-state index is -3.65. The van der Waals surface area contributed by atoms with Crippen molar-refractivity contribution in [3.63, 3.8) is 0 Å². The van der Waals surface area contributed by atoms with Crippen LogP contribution < -0.4 is 4.72 Å². The number of benzene rings is 2. The van der Waals surface area contributed by atoms with Gasteiger partial charge in [0, 0.05) is 9.13 Å². The molecule has 1 N–H and O–H groups in total. The predicted molar refractivity (Wildman–Crippen MR) is 85.1 cm³/mol. The first-order chi connectivity index (χ1) is 9.49. The second kappa shape index (κ2) is 6.47. The molecule has 0 spiro atoms. The Morgan fingerprint density at radius 2 is 1.75 bits per heavy atom. The molecule has 2 rings (SSSR count). The summed E-state index contributed by atoms with van der Waals surface area (Å²) in [4.78, 5) is 12.1. The number of carbonyl (C=O) groups excluding carboxylic acids is 1. The van der Waals surface area contributed by atoms with Crippen molar-refractivity contribution >= 4 is 38.4 Å². The lowest BCUT2D eigenvalue weighted by Crippen LogP contribution is -2.29. The van der Waals surface area contributed by atoms with E-state index in [9.17, 15) is 13.2 Å². The lowest BCUT2D eigenvalue weighted by molar-refractivity contribution is 0.0997. The fourth-order valence-electron chi connectivity index (χ4n) is 1.61. The number of hydrogen-bond donors (Lipinski definition) is 1. The molecule has 20 heavy (non-hydrogen) atoms. The minimum absolute atomic E-state index is 0.149. The van der Waals surface area contributed by atoms with Crippen molar-refractivity contribution in [2.45, 2.75) is 4.90 Å². The van der Waals surface area contributed by atoms with Crippen LogP contribution in [-0.4, -0.2) is 20.7 Å². The van der Waals surface area contributed by atoms with Crippen LogP contribution in [0.2, 0.25) is 0 Å². The number of Topliss-reactive ketones (excluding diaryl/α,β-unsaturated/α-hetero) is 1. The molecular formula is C14H12INO3S. The van der Waals surface area contributed by atoms with Gasteiger partial charge in [-0.1, -0.05) is 30.3 Å².